The third-order valence-electron chi connectivity index (χ3n) is 5.88. The fourth-order valence-electron chi connectivity index (χ4n) is 4.10. The summed E-state index contributed by atoms with van der Waals surface area (Å²) in [5.74, 6) is -0.238. The lowest BCUT2D eigenvalue weighted by Crippen LogP contribution is -2.48. The molecule has 1 saturated heterocycles. The van der Waals surface area contributed by atoms with Crippen molar-refractivity contribution in [3.8, 4) is 0 Å². The molecule has 32 heavy (non-hydrogen) atoms. The van der Waals surface area contributed by atoms with Crippen LogP contribution in [0.1, 0.15) is 21.5 Å². The first-order valence-electron chi connectivity index (χ1n) is 10.8. The highest BCUT2D eigenvalue weighted by molar-refractivity contribution is 5.96. The number of rotatable bonds is 5. The van der Waals surface area contributed by atoms with Gasteiger partial charge >= 0.3 is 0 Å². The molecule has 1 aliphatic heterocycles. The molecule has 7 heteroatoms. The van der Waals surface area contributed by atoms with E-state index >= 15 is 0 Å². The van der Waals surface area contributed by atoms with Crippen molar-refractivity contribution in [3.05, 3.63) is 95.7 Å². The zero-order valence-electron chi connectivity index (χ0n) is 17.7. The molecule has 1 amide bonds. The quantitative estimate of drug-likeness (QED) is 0.487. The van der Waals surface area contributed by atoms with Crippen molar-refractivity contribution >= 4 is 17.1 Å². The van der Waals surface area contributed by atoms with Crippen molar-refractivity contribution in [2.75, 3.05) is 26.2 Å². The van der Waals surface area contributed by atoms with E-state index in [1.807, 2.05) is 45.9 Å². The van der Waals surface area contributed by atoms with E-state index in [4.69, 9.17) is 0 Å². The van der Waals surface area contributed by atoms with Crippen molar-refractivity contribution in [2.24, 2.45) is 0 Å². The smallest absolute Gasteiger partial charge is 0.255 e. The minimum atomic E-state index is -0.223. The van der Waals surface area contributed by atoms with Crippen molar-refractivity contribution in [1.29, 1.82) is 0 Å². The largest absolute Gasteiger partial charge is 0.336 e. The fourth-order valence-corrected chi connectivity index (χ4v) is 4.10. The predicted octanol–water partition coefficient (Wildman–Crippen LogP) is 3.58. The molecule has 3 heterocycles. The molecule has 0 atom stereocenters. The monoisotopic (exact) mass is 429 g/mol. The van der Waals surface area contributed by atoms with Crippen LogP contribution in [-0.2, 0) is 13.1 Å². The van der Waals surface area contributed by atoms with E-state index in [-0.39, 0.29) is 11.7 Å². The molecule has 1 aliphatic rings. The van der Waals surface area contributed by atoms with E-state index in [0.29, 0.717) is 25.2 Å². The van der Waals surface area contributed by atoms with Crippen molar-refractivity contribution in [2.45, 2.75) is 13.1 Å². The normalized spacial score (nSPS) is 14.7. The van der Waals surface area contributed by atoms with Gasteiger partial charge in [-0.25, -0.2) is 14.4 Å². The van der Waals surface area contributed by atoms with Crippen molar-refractivity contribution in [3.63, 3.8) is 0 Å². The molecule has 1 fully saturated rings. The molecule has 4 aromatic rings. The van der Waals surface area contributed by atoms with E-state index < -0.39 is 0 Å². The number of hydrogen-bond donors (Lipinski definition) is 0. The summed E-state index contributed by atoms with van der Waals surface area (Å²) < 4.78 is 15.1. The van der Waals surface area contributed by atoms with Crippen LogP contribution in [0.25, 0.3) is 11.2 Å². The highest BCUT2D eigenvalue weighted by Crippen LogP contribution is 2.17. The second-order valence-corrected chi connectivity index (χ2v) is 8.12. The minimum absolute atomic E-state index is 0.0153. The number of benzene rings is 2. The Morgan fingerprint density at radius 2 is 1.59 bits per heavy atom. The van der Waals surface area contributed by atoms with Gasteiger partial charge in [-0.05, 0) is 29.3 Å². The minimum Gasteiger partial charge on any atom is -0.336 e. The number of halogens is 1. The van der Waals surface area contributed by atoms with Crippen LogP contribution in [-0.4, -0.2) is 56.4 Å². The number of carbonyl (C=O) groups excluding carboxylic acids is 1. The van der Waals surface area contributed by atoms with Crippen molar-refractivity contribution in [1.82, 2.24) is 24.3 Å². The number of fused-ring (bicyclic) bond motifs is 1. The first-order chi connectivity index (χ1) is 15.7. The maximum atomic E-state index is 13.1. The lowest BCUT2D eigenvalue weighted by Gasteiger charge is -2.34. The summed E-state index contributed by atoms with van der Waals surface area (Å²) in [6, 6.07) is 18.6. The van der Waals surface area contributed by atoms with Gasteiger partial charge in [0.1, 0.15) is 11.3 Å². The Kier molecular flexibility index (Phi) is 5.64. The van der Waals surface area contributed by atoms with Crippen LogP contribution in [0.4, 0.5) is 4.39 Å². The summed E-state index contributed by atoms with van der Waals surface area (Å²) in [4.78, 5) is 26.2. The van der Waals surface area contributed by atoms with Crippen LogP contribution >= 0.6 is 0 Å². The fraction of sp³-hybridized carbons (Fsp3) is 0.240. The Hall–Kier alpha value is -3.58. The van der Waals surface area contributed by atoms with Crippen molar-refractivity contribution < 1.29 is 9.18 Å². The van der Waals surface area contributed by atoms with Crippen LogP contribution in [0.3, 0.4) is 0 Å². The maximum absolute atomic E-state index is 13.1. The molecule has 0 unspecified atom stereocenters. The number of imidazole rings is 1. The maximum Gasteiger partial charge on any atom is 0.255 e. The second kappa shape index (κ2) is 8.88. The molecule has 0 aliphatic carbocycles. The molecular formula is C25H24FN5O. The van der Waals surface area contributed by atoms with Crippen LogP contribution in [0.2, 0.25) is 0 Å². The summed E-state index contributed by atoms with van der Waals surface area (Å²) in [5, 5.41) is 0. The Morgan fingerprint density at radius 1 is 0.875 bits per heavy atom. The number of amides is 1. The average molecular weight is 429 g/mol. The van der Waals surface area contributed by atoms with Gasteiger partial charge in [0.2, 0.25) is 0 Å². The third-order valence-corrected chi connectivity index (χ3v) is 5.88. The first-order valence-corrected chi connectivity index (χ1v) is 10.8. The van der Waals surface area contributed by atoms with Gasteiger partial charge in [-0.15, -0.1) is 0 Å². The molecule has 5 rings (SSSR count). The van der Waals surface area contributed by atoms with Crippen LogP contribution in [0, 0.1) is 5.82 Å². The number of carbonyl (C=O) groups is 1. The average Bonchev–Trinajstić information content (AvgIpc) is 3.23. The molecule has 2 aromatic heterocycles. The highest BCUT2D eigenvalue weighted by Gasteiger charge is 2.23. The molecular weight excluding hydrogens is 405 g/mol. The molecule has 2 aromatic carbocycles. The van der Waals surface area contributed by atoms with E-state index in [2.05, 4.69) is 27.0 Å². The zero-order valence-corrected chi connectivity index (χ0v) is 17.7. The number of hydrogen-bond acceptors (Lipinski definition) is 4. The van der Waals surface area contributed by atoms with Gasteiger partial charge in [0, 0.05) is 38.9 Å². The lowest BCUT2D eigenvalue weighted by molar-refractivity contribution is 0.0628. The number of aromatic nitrogens is 3. The van der Waals surface area contributed by atoms with Crippen LogP contribution in [0.15, 0.2) is 73.2 Å². The summed E-state index contributed by atoms with van der Waals surface area (Å²) in [7, 11) is 0. The van der Waals surface area contributed by atoms with Gasteiger partial charge in [-0.3, -0.25) is 9.69 Å². The van der Waals surface area contributed by atoms with E-state index in [0.717, 1.165) is 36.4 Å². The van der Waals surface area contributed by atoms with E-state index in [1.165, 1.54) is 17.7 Å². The summed E-state index contributed by atoms with van der Waals surface area (Å²) in [5.41, 5.74) is 4.31. The van der Waals surface area contributed by atoms with Crippen LogP contribution < -0.4 is 0 Å². The van der Waals surface area contributed by atoms with Crippen LogP contribution in [0.5, 0.6) is 0 Å². The third kappa shape index (κ3) is 4.38. The van der Waals surface area contributed by atoms with Gasteiger partial charge in [0.25, 0.3) is 5.91 Å². The van der Waals surface area contributed by atoms with Gasteiger partial charge in [0.15, 0.2) is 5.65 Å². The molecule has 6 nitrogen and oxygen atoms in total. The molecule has 162 valence electrons. The first kappa shape index (κ1) is 20.3. The molecule has 0 saturated carbocycles. The highest BCUT2D eigenvalue weighted by atomic mass is 19.1. The lowest BCUT2D eigenvalue weighted by atomic mass is 10.1. The summed E-state index contributed by atoms with van der Waals surface area (Å²) in [6.07, 6.45) is 3.42. The van der Waals surface area contributed by atoms with Gasteiger partial charge in [0.05, 0.1) is 18.4 Å². The van der Waals surface area contributed by atoms with Gasteiger partial charge in [-0.1, -0.05) is 42.5 Å². The summed E-state index contributed by atoms with van der Waals surface area (Å²) >= 11 is 0. The Balaban J connectivity index is 1.23. The van der Waals surface area contributed by atoms with Gasteiger partial charge < -0.3 is 9.47 Å². The van der Waals surface area contributed by atoms with Gasteiger partial charge in [-0.2, -0.15) is 0 Å². The Morgan fingerprint density at radius 3 is 2.34 bits per heavy atom. The zero-order chi connectivity index (χ0) is 21.9. The Bertz CT molecular complexity index is 1210. The van der Waals surface area contributed by atoms with E-state index in [9.17, 15) is 9.18 Å². The number of pyridine rings is 1. The standard InChI is InChI=1S/C25H24FN5O/c26-22-8-6-20(7-9-22)16-29-10-12-30(13-11-29)25(32)21-14-23-24(27-15-21)31(18-28-23)17-19-4-2-1-3-5-19/h1-9,14-15,18H,10-13,16-17H2. The molecule has 0 N–H and O–H groups in total. The summed E-state index contributed by atoms with van der Waals surface area (Å²) in [6.45, 7) is 4.32. The Labute approximate surface area is 185 Å². The molecule has 0 radical (unpaired) electrons. The topological polar surface area (TPSA) is 54.3 Å². The molecule has 0 bridgehead atoms. The second-order valence-electron chi connectivity index (χ2n) is 8.12. The molecule has 0 spiro atoms. The SMILES string of the molecule is O=C(c1cnc2c(c1)ncn2Cc1ccccc1)N1CCN(Cc2ccc(F)cc2)CC1. The number of nitrogens with zero attached hydrogens (tertiary/aromatic N) is 5. The predicted molar refractivity (Wildman–Crippen MR) is 121 cm³/mol. The van der Waals surface area contributed by atoms with E-state index in [1.54, 1.807) is 12.5 Å². The number of piperazine rings is 1.